The van der Waals surface area contributed by atoms with E-state index in [1.807, 2.05) is 0 Å². The van der Waals surface area contributed by atoms with E-state index in [4.69, 9.17) is 9.47 Å². The van der Waals surface area contributed by atoms with Crippen molar-refractivity contribution in [3.63, 3.8) is 0 Å². The van der Waals surface area contributed by atoms with Crippen molar-refractivity contribution in [3.8, 4) is 5.75 Å². The van der Waals surface area contributed by atoms with Gasteiger partial charge >= 0.3 is 0 Å². The normalized spacial score (nSPS) is 16.7. The predicted octanol–water partition coefficient (Wildman–Crippen LogP) is 2.55. The van der Waals surface area contributed by atoms with E-state index in [1.54, 1.807) is 25.3 Å². The van der Waals surface area contributed by atoms with Crippen LogP contribution in [0.5, 0.6) is 5.75 Å². The minimum Gasteiger partial charge on any atom is -0.495 e. The molecule has 1 N–H and O–H groups in total. The summed E-state index contributed by atoms with van der Waals surface area (Å²) >= 11 is 3.29. The lowest BCUT2D eigenvalue weighted by molar-refractivity contribution is 0.173. The zero-order valence-corrected chi connectivity index (χ0v) is 14.6. The monoisotopic (exact) mass is 377 g/mol. The second kappa shape index (κ2) is 6.64. The summed E-state index contributed by atoms with van der Waals surface area (Å²) in [4.78, 5) is 0.155. The average molecular weight is 378 g/mol. The molecule has 0 heterocycles. The van der Waals surface area contributed by atoms with Gasteiger partial charge in [-0.15, -0.1) is 0 Å². The molecule has 118 valence electrons. The molecule has 0 amide bonds. The van der Waals surface area contributed by atoms with Crippen molar-refractivity contribution >= 4 is 26.0 Å². The molecule has 2 rings (SSSR count). The minimum absolute atomic E-state index is 0.0579. The fraction of sp³-hybridized carbons (Fsp3) is 0.571. The summed E-state index contributed by atoms with van der Waals surface area (Å²) in [5, 5.41) is 0. The Hall–Kier alpha value is -0.630. The van der Waals surface area contributed by atoms with Gasteiger partial charge in [0, 0.05) is 24.7 Å². The average Bonchev–Trinajstić information content (AvgIpc) is 3.24. The summed E-state index contributed by atoms with van der Waals surface area (Å²) in [5.74, 6) is 0.340. The first-order chi connectivity index (χ1) is 9.92. The number of hydrogen-bond acceptors (Lipinski definition) is 4. The van der Waals surface area contributed by atoms with Gasteiger partial charge in [-0.05, 0) is 42.9 Å². The molecule has 0 bridgehead atoms. The van der Waals surface area contributed by atoms with Crippen molar-refractivity contribution < 1.29 is 17.9 Å². The van der Waals surface area contributed by atoms with E-state index in [1.165, 1.54) is 7.11 Å². The van der Waals surface area contributed by atoms with Gasteiger partial charge in [-0.1, -0.05) is 15.9 Å². The van der Waals surface area contributed by atoms with Gasteiger partial charge < -0.3 is 9.47 Å². The molecule has 1 fully saturated rings. The fourth-order valence-electron chi connectivity index (χ4n) is 2.20. The molecule has 1 aromatic carbocycles. The molecule has 1 saturated carbocycles. The highest BCUT2D eigenvalue weighted by Gasteiger charge is 2.42. The summed E-state index contributed by atoms with van der Waals surface area (Å²) < 4.78 is 38.6. The van der Waals surface area contributed by atoms with Crippen LogP contribution >= 0.6 is 15.9 Å². The molecule has 1 aliphatic rings. The highest BCUT2D eigenvalue weighted by Crippen LogP contribution is 2.48. The Balaban J connectivity index is 2.10. The Kier molecular flexibility index (Phi) is 5.29. The summed E-state index contributed by atoms with van der Waals surface area (Å²) in [6, 6.07) is 4.94. The van der Waals surface area contributed by atoms with Crippen LogP contribution in [0.3, 0.4) is 0 Å². The standard InChI is InChI=1S/C14H20BrNO4S/c1-19-8-7-14(5-6-14)10-16-21(17,18)13-9-11(15)3-4-12(13)20-2/h3-4,9,16H,5-8,10H2,1-2H3. The second-order valence-corrected chi connectivity index (χ2v) is 8.01. The smallest absolute Gasteiger partial charge is 0.244 e. The molecule has 0 aliphatic heterocycles. The summed E-state index contributed by atoms with van der Waals surface area (Å²) in [6.07, 6.45) is 2.95. The Morgan fingerprint density at radius 3 is 2.62 bits per heavy atom. The minimum atomic E-state index is -3.59. The lowest BCUT2D eigenvalue weighted by Gasteiger charge is -2.16. The van der Waals surface area contributed by atoms with E-state index < -0.39 is 10.0 Å². The SMILES string of the molecule is COCCC1(CNS(=O)(=O)c2cc(Br)ccc2OC)CC1. The maximum atomic E-state index is 12.5. The number of rotatable bonds is 8. The van der Waals surface area contributed by atoms with Crippen LogP contribution in [0, 0.1) is 5.41 Å². The van der Waals surface area contributed by atoms with Crippen molar-refractivity contribution in [2.75, 3.05) is 27.4 Å². The predicted molar refractivity (Wildman–Crippen MR) is 84.0 cm³/mol. The Labute approximate surface area is 134 Å². The number of methoxy groups -OCH3 is 2. The zero-order chi connectivity index (χ0) is 15.5. The van der Waals surface area contributed by atoms with E-state index in [0.717, 1.165) is 19.3 Å². The van der Waals surface area contributed by atoms with Gasteiger partial charge in [0.2, 0.25) is 10.0 Å². The molecule has 1 aliphatic carbocycles. The number of hydrogen-bond donors (Lipinski definition) is 1. The van der Waals surface area contributed by atoms with Crippen LogP contribution in [0.1, 0.15) is 19.3 Å². The van der Waals surface area contributed by atoms with Crippen molar-refractivity contribution in [1.29, 1.82) is 0 Å². The van der Waals surface area contributed by atoms with Crippen molar-refractivity contribution in [1.82, 2.24) is 4.72 Å². The summed E-state index contributed by atoms with van der Waals surface area (Å²) in [5.41, 5.74) is 0.0579. The van der Waals surface area contributed by atoms with E-state index in [0.29, 0.717) is 23.4 Å². The zero-order valence-electron chi connectivity index (χ0n) is 12.2. The van der Waals surface area contributed by atoms with E-state index in [2.05, 4.69) is 20.7 Å². The van der Waals surface area contributed by atoms with Crippen LogP contribution < -0.4 is 9.46 Å². The van der Waals surface area contributed by atoms with Gasteiger partial charge in [0.25, 0.3) is 0 Å². The third kappa shape index (κ3) is 4.18. The van der Waals surface area contributed by atoms with Crippen molar-refractivity contribution in [3.05, 3.63) is 22.7 Å². The molecule has 21 heavy (non-hydrogen) atoms. The maximum absolute atomic E-state index is 12.5. The maximum Gasteiger partial charge on any atom is 0.244 e. The Bertz CT molecular complexity index is 599. The largest absolute Gasteiger partial charge is 0.495 e. The molecular weight excluding hydrogens is 358 g/mol. The van der Waals surface area contributed by atoms with E-state index in [-0.39, 0.29) is 10.3 Å². The number of sulfonamides is 1. The quantitative estimate of drug-likeness (QED) is 0.755. The summed E-state index contributed by atoms with van der Waals surface area (Å²) in [6.45, 7) is 1.09. The molecule has 0 unspecified atom stereocenters. The van der Waals surface area contributed by atoms with Crippen LogP contribution in [-0.4, -0.2) is 35.8 Å². The van der Waals surface area contributed by atoms with Crippen LogP contribution in [0.4, 0.5) is 0 Å². The molecule has 0 spiro atoms. The third-order valence-corrected chi connectivity index (χ3v) is 5.76. The Morgan fingerprint density at radius 1 is 1.33 bits per heavy atom. The lowest BCUT2D eigenvalue weighted by atomic mass is 10.0. The number of benzene rings is 1. The van der Waals surface area contributed by atoms with Crippen LogP contribution in [0.15, 0.2) is 27.6 Å². The topological polar surface area (TPSA) is 64.6 Å². The molecule has 7 heteroatoms. The van der Waals surface area contributed by atoms with Gasteiger partial charge in [-0.3, -0.25) is 0 Å². The molecule has 1 aromatic rings. The van der Waals surface area contributed by atoms with Gasteiger partial charge in [0.15, 0.2) is 0 Å². The van der Waals surface area contributed by atoms with Crippen molar-refractivity contribution in [2.45, 2.75) is 24.2 Å². The molecule has 0 atom stereocenters. The van der Waals surface area contributed by atoms with Crippen LogP contribution in [0.25, 0.3) is 0 Å². The summed E-state index contributed by atoms with van der Waals surface area (Å²) in [7, 11) is -0.469. The number of ether oxygens (including phenoxy) is 2. The molecule has 0 saturated heterocycles. The van der Waals surface area contributed by atoms with E-state index >= 15 is 0 Å². The van der Waals surface area contributed by atoms with E-state index in [9.17, 15) is 8.42 Å². The molecule has 0 aromatic heterocycles. The molecule has 5 nitrogen and oxygen atoms in total. The van der Waals surface area contributed by atoms with Crippen molar-refractivity contribution in [2.24, 2.45) is 5.41 Å². The van der Waals surface area contributed by atoms with Gasteiger partial charge in [0.05, 0.1) is 7.11 Å². The fourth-order valence-corrected chi connectivity index (χ4v) is 4.06. The first-order valence-electron chi connectivity index (χ1n) is 6.75. The lowest BCUT2D eigenvalue weighted by Crippen LogP contribution is -2.31. The Morgan fingerprint density at radius 2 is 2.05 bits per heavy atom. The number of halogens is 1. The van der Waals surface area contributed by atoms with Gasteiger partial charge in [-0.25, -0.2) is 13.1 Å². The highest BCUT2D eigenvalue weighted by molar-refractivity contribution is 9.10. The third-order valence-electron chi connectivity index (χ3n) is 3.85. The molecular formula is C14H20BrNO4S. The number of nitrogens with one attached hydrogen (secondary N) is 1. The van der Waals surface area contributed by atoms with Gasteiger partial charge in [0.1, 0.15) is 10.6 Å². The van der Waals surface area contributed by atoms with Crippen LogP contribution in [0.2, 0.25) is 0 Å². The first kappa shape index (κ1) is 16.7. The second-order valence-electron chi connectivity index (χ2n) is 5.36. The van der Waals surface area contributed by atoms with Crippen LogP contribution in [-0.2, 0) is 14.8 Å². The van der Waals surface area contributed by atoms with Gasteiger partial charge in [-0.2, -0.15) is 0 Å². The first-order valence-corrected chi connectivity index (χ1v) is 9.02. The molecule has 0 radical (unpaired) electrons. The highest BCUT2D eigenvalue weighted by atomic mass is 79.9.